The van der Waals surface area contributed by atoms with Crippen LogP contribution in [-0.2, 0) is 0 Å². The highest BCUT2D eigenvalue weighted by Crippen LogP contribution is 2.31. The molecule has 1 heterocycles. The van der Waals surface area contributed by atoms with Crippen molar-refractivity contribution in [2.24, 2.45) is 4.99 Å². The molecule has 0 saturated carbocycles. The van der Waals surface area contributed by atoms with Crippen molar-refractivity contribution in [3.63, 3.8) is 0 Å². The number of nitrogens with zero attached hydrogens (tertiary/aromatic N) is 1. The molecule has 1 aliphatic heterocycles. The zero-order chi connectivity index (χ0) is 19.1. The van der Waals surface area contributed by atoms with E-state index in [1.165, 1.54) is 6.07 Å². The molecule has 0 amide bonds. The Morgan fingerprint density at radius 2 is 2.00 bits per heavy atom. The van der Waals surface area contributed by atoms with Crippen LogP contribution in [0.3, 0.4) is 0 Å². The molecule has 0 aliphatic carbocycles. The highest BCUT2D eigenvalue weighted by atomic mass is 127. The van der Waals surface area contributed by atoms with Crippen molar-refractivity contribution in [2.75, 3.05) is 19.7 Å². The second-order valence-corrected chi connectivity index (χ2v) is 6.45. The lowest BCUT2D eigenvalue weighted by Gasteiger charge is -2.28. The molecule has 0 aromatic heterocycles. The monoisotopic (exact) mass is 499 g/mol. The van der Waals surface area contributed by atoms with E-state index in [-0.39, 0.29) is 47.7 Å². The maximum Gasteiger partial charge on any atom is 0.191 e. The summed E-state index contributed by atoms with van der Waals surface area (Å²) in [5.74, 6) is 1.50. The number of hydrogen-bond acceptors (Lipinski definition) is 3. The van der Waals surface area contributed by atoms with Crippen LogP contribution in [-0.4, -0.2) is 31.8 Å². The minimum atomic E-state index is -0.364. The van der Waals surface area contributed by atoms with Gasteiger partial charge in [-0.05, 0) is 32.0 Å². The van der Waals surface area contributed by atoms with Gasteiger partial charge in [0.1, 0.15) is 11.9 Å². The quantitative estimate of drug-likeness (QED) is 0.354. The fraction of sp³-hybridized carbons (Fsp3) is 0.381. The average Bonchev–Trinajstić information content (AvgIpc) is 2.68. The zero-order valence-corrected chi connectivity index (χ0v) is 18.5. The van der Waals surface area contributed by atoms with Gasteiger partial charge in [0.25, 0.3) is 0 Å². The van der Waals surface area contributed by atoms with Gasteiger partial charge in [-0.15, -0.1) is 24.0 Å². The number of aliphatic imine (C=N–C) groups is 1. The fourth-order valence-corrected chi connectivity index (χ4v) is 2.99. The molecule has 2 N–H and O–H groups in total. The third-order valence-corrected chi connectivity index (χ3v) is 4.29. The molecular formula is C21H27FIN3O2. The minimum Gasteiger partial charge on any atom is -0.493 e. The lowest BCUT2D eigenvalue weighted by Crippen LogP contribution is -2.41. The number of fused-ring (bicyclic) bond motifs is 1. The maximum absolute atomic E-state index is 13.7. The minimum absolute atomic E-state index is 0. The van der Waals surface area contributed by atoms with E-state index >= 15 is 0 Å². The first kappa shape index (κ1) is 22.3. The highest BCUT2D eigenvalue weighted by Gasteiger charge is 2.21. The van der Waals surface area contributed by atoms with E-state index in [9.17, 15) is 4.39 Å². The summed E-state index contributed by atoms with van der Waals surface area (Å²) in [6, 6.07) is 14.6. The lowest BCUT2D eigenvalue weighted by atomic mass is 10.0. The maximum atomic E-state index is 13.7. The van der Waals surface area contributed by atoms with Gasteiger partial charge in [-0.3, -0.25) is 0 Å². The molecule has 5 nitrogen and oxygen atoms in total. The number of hydrogen-bond donors (Lipinski definition) is 2. The Labute approximate surface area is 182 Å². The number of benzene rings is 2. The van der Waals surface area contributed by atoms with Gasteiger partial charge in [-0.25, -0.2) is 9.38 Å². The van der Waals surface area contributed by atoms with E-state index in [4.69, 9.17) is 9.47 Å². The molecule has 2 aromatic rings. The summed E-state index contributed by atoms with van der Waals surface area (Å²) in [5.41, 5.74) is 1.13. The van der Waals surface area contributed by atoms with Crippen molar-refractivity contribution in [2.45, 2.75) is 32.4 Å². The van der Waals surface area contributed by atoms with Crippen molar-refractivity contribution in [1.82, 2.24) is 10.6 Å². The van der Waals surface area contributed by atoms with Crippen molar-refractivity contribution in [3.05, 3.63) is 59.9 Å². The van der Waals surface area contributed by atoms with Crippen molar-refractivity contribution in [3.8, 4) is 11.5 Å². The Hall–Kier alpha value is -2.03. The molecular weight excluding hydrogens is 472 g/mol. The molecule has 2 unspecified atom stereocenters. The summed E-state index contributed by atoms with van der Waals surface area (Å²) >= 11 is 0. The predicted molar refractivity (Wildman–Crippen MR) is 120 cm³/mol. The Kier molecular flexibility index (Phi) is 8.82. The van der Waals surface area contributed by atoms with Gasteiger partial charge in [0, 0.05) is 18.5 Å². The van der Waals surface area contributed by atoms with E-state index in [1.807, 2.05) is 32.0 Å². The third kappa shape index (κ3) is 5.98. The SMILES string of the molecule is CCNC(=NCC(C)Oc1ccccc1F)NC1CCOc2ccccc21.I. The van der Waals surface area contributed by atoms with E-state index in [0.29, 0.717) is 19.1 Å². The smallest absolute Gasteiger partial charge is 0.191 e. The summed E-state index contributed by atoms with van der Waals surface area (Å²) in [4.78, 5) is 4.61. The Balaban J connectivity index is 0.00000280. The van der Waals surface area contributed by atoms with E-state index in [0.717, 1.165) is 24.3 Å². The fourth-order valence-electron chi connectivity index (χ4n) is 2.99. The van der Waals surface area contributed by atoms with Crippen LogP contribution in [0.1, 0.15) is 31.9 Å². The van der Waals surface area contributed by atoms with Gasteiger partial charge in [0.2, 0.25) is 0 Å². The summed E-state index contributed by atoms with van der Waals surface area (Å²) in [6.07, 6.45) is 0.613. The normalized spacial score (nSPS) is 16.8. The van der Waals surface area contributed by atoms with E-state index in [1.54, 1.807) is 18.2 Å². The van der Waals surface area contributed by atoms with Crippen molar-refractivity contribution >= 4 is 29.9 Å². The summed E-state index contributed by atoms with van der Waals surface area (Å²) in [7, 11) is 0. The number of guanidine groups is 1. The van der Waals surface area contributed by atoms with Crippen LogP contribution in [0, 0.1) is 5.82 Å². The highest BCUT2D eigenvalue weighted by molar-refractivity contribution is 14.0. The first-order chi connectivity index (χ1) is 13.2. The van der Waals surface area contributed by atoms with Crippen LogP contribution in [0.25, 0.3) is 0 Å². The molecule has 7 heteroatoms. The van der Waals surface area contributed by atoms with Gasteiger partial charge in [0.15, 0.2) is 17.5 Å². The van der Waals surface area contributed by atoms with Crippen LogP contribution in [0.2, 0.25) is 0 Å². The first-order valence-corrected chi connectivity index (χ1v) is 9.35. The average molecular weight is 499 g/mol. The van der Waals surface area contributed by atoms with Crippen LogP contribution in [0.15, 0.2) is 53.5 Å². The molecule has 2 atom stereocenters. The lowest BCUT2D eigenvalue weighted by molar-refractivity contribution is 0.219. The molecule has 0 fully saturated rings. The second-order valence-electron chi connectivity index (χ2n) is 6.45. The number of nitrogens with one attached hydrogen (secondary N) is 2. The first-order valence-electron chi connectivity index (χ1n) is 9.35. The molecule has 0 saturated heterocycles. The Morgan fingerprint density at radius 1 is 1.25 bits per heavy atom. The van der Waals surface area contributed by atoms with Gasteiger partial charge in [-0.2, -0.15) is 0 Å². The van der Waals surface area contributed by atoms with Crippen molar-refractivity contribution in [1.29, 1.82) is 0 Å². The molecule has 152 valence electrons. The van der Waals surface area contributed by atoms with E-state index < -0.39 is 0 Å². The Morgan fingerprint density at radius 3 is 2.79 bits per heavy atom. The number of para-hydroxylation sites is 2. The van der Waals surface area contributed by atoms with Crippen LogP contribution >= 0.6 is 24.0 Å². The Bertz CT molecular complexity index is 788. The molecule has 28 heavy (non-hydrogen) atoms. The van der Waals surface area contributed by atoms with Crippen molar-refractivity contribution < 1.29 is 13.9 Å². The largest absolute Gasteiger partial charge is 0.493 e. The third-order valence-electron chi connectivity index (χ3n) is 4.29. The molecule has 2 aromatic carbocycles. The summed E-state index contributed by atoms with van der Waals surface area (Å²) < 4.78 is 25.1. The van der Waals surface area contributed by atoms with E-state index in [2.05, 4.69) is 21.7 Å². The van der Waals surface area contributed by atoms with Gasteiger partial charge in [0.05, 0.1) is 19.2 Å². The van der Waals surface area contributed by atoms with Crippen LogP contribution in [0.5, 0.6) is 11.5 Å². The molecule has 1 aliphatic rings. The number of ether oxygens (including phenoxy) is 2. The van der Waals surface area contributed by atoms with Gasteiger partial charge < -0.3 is 20.1 Å². The molecule has 0 radical (unpaired) electrons. The second kappa shape index (κ2) is 11.1. The predicted octanol–water partition coefficient (Wildman–Crippen LogP) is 4.29. The summed E-state index contributed by atoms with van der Waals surface area (Å²) in [5, 5.41) is 6.73. The zero-order valence-electron chi connectivity index (χ0n) is 16.2. The molecule has 3 rings (SSSR count). The number of halogens is 2. The summed E-state index contributed by atoms with van der Waals surface area (Å²) in [6.45, 7) is 5.73. The van der Waals surface area contributed by atoms with Crippen LogP contribution < -0.4 is 20.1 Å². The standard InChI is InChI=1S/C21H26FN3O2.HI/c1-3-23-21(24-14-15(2)27-20-11-7-5-9-17(20)22)25-18-12-13-26-19-10-6-4-8-16(18)19;/h4-11,15,18H,3,12-14H2,1-2H3,(H2,23,24,25);1H. The molecule has 0 bridgehead atoms. The van der Waals surface area contributed by atoms with Crippen LogP contribution in [0.4, 0.5) is 4.39 Å². The van der Waals surface area contributed by atoms with Gasteiger partial charge >= 0.3 is 0 Å². The topological polar surface area (TPSA) is 54.9 Å². The number of rotatable bonds is 6. The molecule has 0 spiro atoms. The van der Waals surface area contributed by atoms with Gasteiger partial charge in [-0.1, -0.05) is 30.3 Å².